The third-order valence-corrected chi connectivity index (χ3v) is 7.78. The molecule has 5 nitrogen and oxygen atoms in total. The van der Waals surface area contributed by atoms with Crippen LogP contribution in [0.4, 0.5) is 0 Å². The van der Waals surface area contributed by atoms with Gasteiger partial charge < -0.3 is 4.74 Å². The van der Waals surface area contributed by atoms with E-state index in [2.05, 4.69) is 6.07 Å². The quantitative estimate of drug-likeness (QED) is 0.281. The molecular weight excluding hydrogens is 438 g/mol. The number of thiophene rings is 1. The molecule has 160 valence electrons. The molecule has 1 aliphatic carbocycles. The summed E-state index contributed by atoms with van der Waals surface area (Å²) >= 11 is 3.13. The van der Waals surface area contributed by atoms with Gasteiger partial charge in [-0.3, -0.25) is 9.36 Å². The largest absolute Gasteiger partial charge is 0.494 e. The minimum atomic E-state index is -0.0189. The van der Waals surface area contributed by atoms with E-state index in [1.54, 1.807) is 15.9 Å². The normalized spacial score (nSPS) is 12.6. The van der Waals surface area contributed by atoms with Gasteiger partial charge in [-0.05, 0) is 67.6 Å². The number of aromatic nitrogens is 2. The van der Waals surface area contributed by atoms with Gasteiger partial charge in [0.05, 0.1) is 29.3 Å². The summed E-state index contributed by atoms with van der Waals surface area (Å²) in [5.41, 5.74) is 3.50. The molecule has 32 heavy (non-hydrogen) atoms. The minimum Gasteiger partial charge on any atom is -0.494 e. The third-order valence-electron chi connectivity index (χ3n) is 5.61. The zero-order chi connectivity index (χ0) is 22.1. The first kappa shape index (κ1) is 20.8. The monoisotopic (exact) mass is 459 g/mol. The van der Waals surface area contributed by atoms with Crippen molar-refractivity contribution < 1.29 is 4.74 Å². The summed E-state index contributed by atoms with van der Waals surface area (Å²) in [6, 6.07) is 17.4. The van der Waals surface area contributed by atoms with Crippen LogP contribution in [0.1, 0.15) is 34.9 Å². The van der Waals surface area contributed by atoms with Gasteiger partial charge in [0.1, 0.15) is 10.6 Å². The summed E-state index contributed by atoms with van der Waals surface area (Å²) in [5.74, 6) is 1.33. The minimum absolute atomic E-state index is 0.0189. The number of hydrogen-bond acceptors (Lipinski definition) is 6. The van der Waals surface area contributed by atoms with Gasteiger partial charge in [-0.1, -0.05) is 30.0 Å². The number of fused-ring (bicyclic) bond motifs is 3. The molecule has 4 aromatic rings. The van der Waals surface area contributed by atoms with Crippen molar-refractivity contribution in [2.45, 2.75) is 37.1 Å². The van der Waals surface area contributed by atoms with Crippen LogP contribution in [-0.2, 0) is 18.6 Å². The van der Waals surface area contributed by atoms with E-state index in [1.165, 1.54) is 22.2 Å². The van der Waals surface area contributed by atoms with Gasteiger partial charge in [0.25, 0.3) is 5.56 Å². The van der Waals surface area contributed by atoms with Gasteiger partial charge in [0, 0.05) is 10.6 Å². The Balaban J connectivity index is 1.63. The highest BCUT2D eigenvalue weighted by Crippen LogP contribution is 2.36. The average molecular weight is 460 g/mol. The van der Waals surface area contributed by atoms with E-state index in [9.17, 15) is 10.1 Å². The van der Waals surface area contributed by atoms with Crippen LogP contribution in [0.15, 0.2) is 58.5 Å². The van der Waals surface area contributed by atoms with Gasteiger partial charge in [0.2, 0.25) is 0 Å². The Bertz CT molecular complexity index is 1400. The van der Waals surface area contributed by atoms with Crippen molar-refractivity contribution in [3.05, 3.63) is 80.5 Å². The molecule has 0 saturated heterocycles. The molecule has 0 bridgehead atoms. The molecule has 0 radical (unpaired) electrons. The molecule has 2 heterocycles. The maximum Gasteiger partial charge on any atom is 0.267 e. The predicted molar refractivity (Wildman–Crippen MR) is 129 cm³/mol. The van der Waals surface area contributed by atoms with Crippen LogP contribution < -0.4 is 10.3 Å². The molecule has 0 N–H and O–H groups in total. The molecule has 0 unspecified atom stereocenters. The van der Waals surface area contributed by atoms with E-state index in [-0.39, 0.29) is 5.56 Å². The Hall–Kier alpha value is -3.08. The standard InChI is InChI=1S/C25H21N3O2S2/c1-2-30-19-12-10-18(11-13-19)28-24(29)22-20-8-5-9-21(20)32-23(22)27-25(28)31-15-17-7-4-3-6-16(17)14-26/h3-4,6-7,10-13H,2,5,8-9,15H2,1H3. The van der Waals surface area contributed by atoms with Gasteiger partial charge in [-0.15, -0.1) is 11.3 Å². The number of nitrogens with zero attached hydrogens (tertiary/aromatic N) is 3. The summed E-state index contributed by atoms with van der Waals surface area (Å²) in [4.78, 5) is 20.8. The van der Waals surface area contributed by atoms with Gasteiger partial charge in [-0.2, -0.15) is 5.26 Å². The highest BCUT2D eigenvalue weighted by atomic mass is 32.2. The van der Waals surface area contributed by atoms with E-state index in [0.29, 0.717) is 23.1 Å². The summed E-state index contributed by atoms with van der Waals surface area (Å²) in [6.07, 6.45) is 3.06. The molecule has 5 rings (SSSR count). The first-order valence-corrected chi connectivity index (χ1v) is 12.4. The molecule has 0 atom stereocenters. The van der Waals surface area contributed by atoms with E-state index in [0.717, 1.165) is 46.5 Å². The number of hydrogen-bond donors (Lipinski definition) is 0. The fourth-order valence-electron chi connectivity index (χ4n) is 4.10. The maximum absolute atomic E-state index is 13.7. The SMILES string of the molecule is CCOc1ccc(-n2c(SCc3ccccc3C#N)nc3sc4c(c3c2=O)CCC4)cc1. The molecule has 0 saturated carbocycles. The molecule has 0 spiro atoms. The summed E-state index contributed by atoms with van der Waals surface area (Å²) < 4.78 is 7.28. The lowest BCUT2D eigenvalue weighted by Gasteiger charge is -2.13. The van der Waals surface area contributed by atoms with E-state index in [1.807, 2.05) is 55.5 Å². The van der Waals surface area contributed by atoms with Gasteiger partial charge >= 0.3 is 0 Å². The van der Waals surface area contributed by atoms with Crippen molar-refractivity contribution in [1.82, 2.24) is 9.55 Å². The van der Waals surface area contributed by atoms with E-state index in [4.69, 9.17) is 9.72 Å². The smallest absolute Gasteiger partial charge is 0.267 e. The van der Waals surface area contributed by atoms with Crippen LogP contribution in [0.3, 0.4) is 0 Å². The van der Waals surface area contributed by atoms with E-state index >= 15 is 0 Å². The molecule has 7 heteroatoms. The molecule has 0 fully saturated rings. The van der Waals surface area contributed by atoms with Gasteiger partial charge in [-0.25, -0.2) is 4.98 Å². The molecule has 2 aromatic heterocycles. The molecule has 1 aliphatic rings. The average Bonchev–Trinajstić information content (AvgIpc) is 3.40. The van der Waals surface area contributed by atoms with Crippen molar-refractivity contribution >= 4 is 33.3 Å². The van der Waals surface area contributed by atoms with Crippen LogP contribution in [0.2, 0.25) is 0 Å². The topological polar surface area (TPSA) is 67.9 Å². The second-order valence-corrected chi connectivity index (χ2v) is 9.58. The Kier molecular flexibility index (Phi) is 5.73. The van der Waals surface area contributed by atoms with Crippen molar-refractivity contribution in [3.8, 4) is 17.5 Å². The Morgan fingerprint density at radius 3 is 2.78 bits per heavy atom. The van der Waals surface area contributed by atoms with Crippen LogP contribution in [-0.4, -0.2) is 16.2 Å². The van der Waals surface area contributed by atoms with Crippen molar-refractivity contribution in [2.24, 2.45) is 0 Å². The molecular formula is C25H21N3O2S2. The van der Waals surface area contributed by atoms with Crippen molar-refractivity contribution in [3.63, 3.8) is 0 Å². The van der Waals surface area contributed by atoms with Crippen LogP contribution in [0.25, 0.3) is 15.9 Å². The fraction of sp³-hybridized carbons (Fsp3) is 0.240. The highest BCUT2D eigenvalue weighted by Gasteiger charge is 2.24. The van der Waals surface area contributed by atoms with Crippen molar-refractivity contribution in [2.75, 3.05) is 6.61 Å². The van der Waals surface area contributed by atoms with Crippen LogP contribution >= 0.6 is 23.1 Å². The highest BCUT2D eigenvalue weighted by molar-refractivity contribution is 7.98. The third kappa shape index (κ3) is 3.70. The first-order chi connectivity index (χ1) is 15.7. The molecule has 2 aromatic carbocycles. The zero-order valence-corrected chi connectivity index (χ0v) is 19.3. The Morgan fingerprint density at radius 2 is 2.00 bits per heavy atom. The lowest BCUT2D eigenvalue weighted by molar-refractivity contribution is 0.340. The van der Waals surface area contributed by atoms with E-state index < -0.39 is 0 Å². The van der Waals surface area contributed by atoms with Crippen LogP contribution in [0.5, 0.6) is 5.75 Å². The fourth-order valence-corrected chi connectivity index (χ4v) is 6.42. The number of thioether (sulfide) groups is 1. The van der Waals surface area contributed by atoms with Gasteiger partial charge in [0.15, 0.2) is 5.16 Å². The predicted octanol–water partition coefficient (Wildman–Crippen LogP) is 5.50. The lowest BCUT2D eigenvalue weighted by atomic mass is 10.1. The van der Waals surface area contributed by atoms with Crippen LogP contribution in [0, 0.1) is 11.3 Å². The molecule has 0 amide bonds. The zero-order valence-electron chi connectivity index (χ0n) is 17.6. The number of rotatable bonds is 6. The number of aryl methyl sites for hydroxylation is 2. The molecule has 0 aliphatic heterocycles. The summed E-state index contributed by atoms with van der Waals surface area (Å²) in [5, 5.41) is 10.8. The summed E-state index contributed by atoms with van der Waals surface area (Å²) in [6.45, 7) is 2.54. The second-order valence-electron chi connectivity index (χ2n) is 7.56. The summed E-state index contributed by atoms with van der Waals surface area (Å²) in [7, 11) is 0. The Morgan fingerprint density at radius 1 is 1.19 bits per heavy atom. The second kappa shape index (κ2) is 8.81. The number of nitriles is 1. The Labute approximate surface area is 194 Å². The number of ether oxygens (including phenoxy) is 1. The first-order valence-electron chi connectivity index (χ1n) is 10.6. The number of benzene rings is 2. The maximum atomic E-state index is 13.7. The lowest BCUT2D eigenvalue weighted by Crippen LogP contribution is -2.21. The van der Waals surface area contributed by atoms with Crippen molar-refractivity contribution in [1.29, 1.82) is 5.26 Å².